The summed E-state index contributed by atoms with van der Waals surface area (Å²) in [5, 5.41) is 5.62. The summed E-state index contributed by atoms with van der Waals surface area (Å²) in [7, 11) is 0. The molecule has 2 amide bonds. The van der Waals surface area contributed by atoms with Crippen molar-refractivity contribution in [2.75, 3.05) is 5.32 Å². The molecule has 0 spiro atoms. The summed E-state index contributed by atoms with van der Waals surface area (Å²) in [4.78, 5) is 11.8. The molecule has 3 nitrogen and oxygen atoms in total. The molecule has 2 rings (SSSR count). The number of halogens is 1. The Kier molecular flexibility index (Phi) is 4.18. The summed E-state index contributed by atoms with van der Waals surface area (Å²) >= 11 is 0. The van der Waals surface area contributed by atoms with Crippen LogP contribution in [-0.4, -0.2) is 12.1 Å². The number of hydrogen-bond acceptors (Lipinski definition) is 1. The van der Waals surface area contributed by atoms with Gasteiger partial charge in [0.25, 0.3) is 0 Å². The minimum absolute atomic E-state index is 0.229. The lowest BCUT2D eigenvalue weighted by atomic mass is 9.86. The average molecular weight is 250 g/mol. The van der Waals surface area contributed by atoms with E-state index in [4.69, 9.17) is 0 Å². The van der Waals surface area contributed by atoms with E-state index in [1.165, 1.54) is 18.6 Å². The summed E-state index contributed by atoms with van der Waals surface area (Å²) in [6.07, 6.45) is 4.59. The Morgan fingerprint density at radius 3 is 2.83 bits per heavy atom. The van der Waals surface area contributed by atoms with Crippen molar-refractivity contribution < 1.29 is 9.18 Å². The second kappa shape index (κ2) is 5.85. The van der Waals surface area contributed by atoms with Crippen LogP contribution in [0.3, 0.4) is 0 Å². The van der Waals surface area contributed by atoms with Crippen LogP contribution < -0.4 is 10.6 Å². The zero-order chi connectivity index (χ0) is 13.0. The Balaban J connectivity index is 1.88. The van der Waals surface area contributed by atoms with Crippen molar-refractivity contribution in [3.05, 3.63) is 30.1 Å². The highest BCUT2D eigenvalue weighted by Crippen LogP contribution is 2.23. The highest BCUT2D eigenvalue weighted by atomic mass is 19.1. The van der Waals surface area contributed by atoms with Crippen LogP contribution in [0.1, 0.15) is 32.6 Å². The van der Waals surface area contributed by atoms with E-state index < -0.39 is 0 Å². The lowest BCUT2D eigenvalue weighted by molar-refractivity contribution is 0.232. The Morgan fingerprint density at radius 1 is 1.33 bits per heavy atom. The fourth-order valence-corrected chi connectivity index (χ4v) is 2.43. The number of nitrogens with one attached hydrogen (secondary N) is 2. The van der Waals surface area contributed by atoms with Crippen molar-refractivity contribution in [1.82, 2.24) is 5.32 Å². The maximum absolute atomic E-state index is 13.0. The molecule has 1 aromatic carbocycles. The summed E-state index contributed by atoms with van der Waals surface area (Å²) in [5.74, 6) is 0.163. The predicted molar refractivity (Wildman–Crippen MR) is 70.0 cm³/mol. The normalized spacial score (nSPS) is 23.4. The monoisotopic (exact) mass is 250 g/mol. The van der Waals surface area contributed by atoms with Crippen LogP contribution >= 0.6 is 0 Å². The first-order valence-corrected chi connectivity index (χ1v) is 6.48. The number of benzene rings is 1. The van der Waals surface area contributed by atoms with Crippen LogP contribution in [-0.2, 0) is 0 Å². The maximum Gasteiger partial charge on any atom is 0.319 e. The molecule has 2 unspecified atom stereocenters. The topological polar surface area (TPSA) is 41.1 Å². The minimum Gasteiger partial charge on any atom is -0.335 e. The van der Waals surface area contributed by atoms with Crippen LogP contribution in [0.25, 0.3) is 0 Å². The lowest BCUT2D eigenvalue weighted by Gasteiger charge is -2.29. The van der Waals surface area contributed by atoms with Gasteiger partial charge in [0.1, 0.15) is 5.82 Å². The molecule has 0 bridgehead atoms. The third kappa shape index (κ3) is 3.45. The first kappa shape index (κ1) is 12.9. The largest absolute Gasteiger partial charge is 0.335 e. The molecule has 2 N–H and O–H groups in total. The van der Waals surface area contributed by atoms with Crippen LogP contribution in [0, 0.1) is 11.7 Å². The van der Waals surface area contributed by atoms with E-state index in [0.29, 0.717) is 11.6 Å². The molecule has 98 valence electrons. The Hall–Kier alpha value is -1.58. The molecule has 0 aromatic heterocycles. The smallest absolute Gasteiger partial charge is 0.319 e. The van der Waals surface area contributed by atoms with E-state index in [1.807, 2.05) is 0 Å². The summed E-state index contributed by atoms with van der Waals surface area (Å²) in [6, 6.07) is 5.89. The van der Waals surface area contributed by atoms with Crippen LogP contribution in [0.15, 0.2) is 24.3 Å². The molecule has 1 aromatic rings. The summed E-state index contributed by atoms with van der Waals surface area (Å²) in [6.45, 7) is 2.16. The number of anilines is 1. The molecular formula is C14H19FN2O. The lowest BCUT2D eigenvalue weighted by Crippen LogP contribution is -2.43. The molecule has 4 heteroatoms. The van der Waals surface area contributed by atoms with Gasteiger partial charge in [0.2, 0.25) is 0 Å². The Bertz CT molecular complexity index is 422. The van der Waals surface area contributed by atoms with E-state index >= 15 is 0 Å². The van der Waals surface area contributed by atoms with Gasteiger partial charge in [-0.3, -0.25) is 0 Å². The SMILES string of the molecule is CC1CCCCC1NC(=O)Nc1cccc(F)c1. The van der Waals surface area contributed by atoms with Crippen LogP contribution in [0.2, 0.25) is 0 Å². The molecule has 0 saturated heterocycles. The molecule has 0 heterocycles. The third-order valence-corrected chi connectivity index (χ3v) is 3.51. The molecule has 18 heavy (non-hydrogen) atoms. The van der Waals surface area contributed by atoms with Gasteiger partial charge >= 0.3 is 6.03 Å². The van der Waals surface area contributed by atoms with Gasteiger partial charge in [-0.1, -0.05) is 25.8 Å². The molecule has 1 aliphatic rings. The number of rotatable bonds is 2. The molecule has 1 aliphatic carbocycles. The van der Waals surface area contributed by atoms with E-state index in [-0.39, 0.29) is 17.9 Å². The molecular weight excluding hydrogens is 231 g/mol. The Morgan fingerprint density at radius 2 is 2.11 bits per heavy atom. The van der Waals surface area contributed by atoms with Gasteiger partial charge in [0.05, 0.1) is 0 Å². The van der Waals surface area contributed by atoms with Crippen LogP contribution in [0.5, 0.6) is 0 Å². The molecule has 2 atom stereocenters. The van der Waals surface area contributed by atoms with Gasteiger partial charge in [-0.2, -0.15) is 0 Å². The van der Waals surface area contributed by atoms with Crippen molar-refractivity contribution in [2.24, 2.45) is 5.92 Å². The fourth-order valence-electron chi connectivity index (χ4n) is 2.43. The number of carbonyl (C=O) groups is 1. The molecule has 1 fully saturated rings. The number of urea groups is 1. The van der Waals surface area contributed by atoms with Crippen LogP contribution in [0.4, 0.5) is 14.9 Å². The predicted octanol–water partition coefficient (Wildman–Crippen LogP) is 3.53. The summed E-state index contributed by atoms with van der Waals surface area (Å²) < 4.78 is 13.0. The van der Waals surface area contributed by atoms with E-state index in [1.54, 1.807) is 12.1 Å². The van der Waals surface area contributed by atoms with Crippen molar-refractivity contribution in [3.8, 4) is 0 Å². The van der Waals surface area contributed by atoms with Crippen molar-refractivity contribution in [1.29, 1.82) is 0 Å². The average Bonchev–Trinajstić information content (AvgIpc) is 2.32. The van der Waals surface area contributed by atoms with Crippen molar-refractivity contribution in [2.45, 2.75) is 38.6 Å². The Labute approximate surface area is 107 Å². The maximum atomic E-state index is 13.0. The molecule has 1 saturated carbocycles. The third-order valence-electron chi connectivity index (χ3n) is 3.51. The van der Waals surface area contributed by atoms with Gasteiger partial charge in [-0.15, -0.1) is 0 Å². The van der Waals surface area contributed by atoms with Gasteiger partial charge < -0.3 is 10.6 Å². The number of amides is 2. The standard InChI is InChI=1S/C14H19FN2O/c1-10-5-2-3-8-13(10)17-14(18)16-12-7-4-6-11(15)9-12/h4,6-7,9-10,13H,2-3,5,8H2,1H3,(H2,16,17,18). The summed E-state index contributed by atoms with van der Waals surface area (Å²) in [5.41, 5.74) is 0.482. The van der Waals surface area contributed by atoms with Gasteiger partial charge in [0.15, 0.2) is 0 Å². The first-order chi connectivity index (χ1) is 8.65. The molecule has 0 aliphatic heterocycles. The van der Waals surface area contributed by atoms with Gasteiger partial charge in [-0.25, -0.2) is 9.18 Å². The second-order valence-electron chi connectivity index (χ2n) is 4.98. The first-order valence-electron chi connectivity index (χ1n) is 6.48. The molecule has 0 radical (unpaired) electrons. The van der Waals surface area contributed by atoms with Crippen molar-refractivity contribution in [3.63, 3.8) is 0 Å². The van der Waals surface area contributed by atoms with E-state index in [2.05, 4.69) is 17.6 Å². The second-order valence-corrected chi connectivity index (χ2v) is 4.98. The zero-order valence-electron chi connectivity index (χ0n) is 10.6. The number of carbonyl (C=O) groups excluding carboxylic acids is 1. The number of hydrogen-bond donors (Lipinski definition) is 2. The quantitative estimate of drug-likeness (QED) is 0.828. The fraction of sp³-hybridized carbons (Fsp3) is 0.500. The highest BCUT2D eigenvalue weighted by Gasteiger charge is 2.22. The van der Waals surface area contributed by atoms with E-state index in [0.717, 1.165) is 19.3 Å². The highest BCUT2D eigenvalue weighted by molar-refractivity contribution is 5.89. The van der Waals surface area contributed by atoms with E-state index in [9.17, 15) is 9.18 Å². The zero-order valence-corrected chi connectivity index (χ0v) is 10.6. The van der Waals surface area contributed by atoms with Gasteiger partial charge in [-0.05, 0) is 37.0 Å². The minimum atomic E-state index is -0.348. The van der Waals surface area contributed by atoms with Crippen molar-refractivity contribution >= 4 is 11.7 Å². The van der Waals surface area contributed by atoms with Gasteiger partial charge in [0, 0.05) is 11.7 Å².